The van der Waals surface area contributed by atoms with Crippen molar-refractivity contribution in [2.45, 2.75) is 38.4 Å². The second-order valence-corrected chi connectivity index (χ2v) is 3.66. The summed E-state index contributed by atoms with van der Waals surface area (Å²) < 4.78 is 36.5. The molecule has 0 bridgehead atoms. The van der Waals surface area contributed by atoms with Crippen molar-refractivity contribution in [2.24, 2.45) is 5.73 Å². The Morgan fingerprint density at radius 2 is 2.00 bits per heavy atom. The van der Waals surface area contributed by atoms with Crippen molar-refractivity contribution < 1.29 is 13.2 Å². The van der Waals surface area contributed by atoms with E-state index in [9.17, 15) is 13.2 Å². The molecule has 0 aliphatic rings. The van der Waals surface area contributed by atoms with Gasteiger partial charge in [-0.3, -0.25) is 0 Å². The molecule has 2 N–H and O–H groups in total. The lowest BCUT2D eigenvalue weighted by molar-refractivity contribution is -0.141. The maximum atomic E-state index is 12.2. The van der Waals surface area contributed by atoms with E-state index in [1.165, 1.54) is 6.07 Å². The number of nitrogens with zero attached hydrogens (tertiary/aromatic N) is 2. The molecule has 0 amide bonds. The van der Waals surface area contributed by atoms with Gasteiger partial charge in [0.1, 0.15) is 0 Å². The van der Waals surface area contributed by atoms with Gasteiger partial charge in [-0.15, -0.1) is 5.10 Å². The van der Waals surface area contributed by atoms with E-state index >= 15 is 0 Å². The zero-order chi connectivity index (χ0) is 12.2. The fraction of sp³-hybridized carbons (Fsp3) is 0.600. The van der Waals surface area contributed by atoms with Crippen LogP contribution in [0.15, 0.2) is 12.1 Å². The molecule has 0 saturated heterocycles. The summed E-state index contributed by atoms with van der Waals surface area (Å²) >= 11 is 0. The first-order valence-electron chi connectivity index (χ1n) is 5.09. The molecule has 0 aromatic carbocycles. The Hall–Kier alpha value is -1.17. The van der Waals surface area contributed by atoms with E-state index in [-0.39, 0.29) is 6.04 Å². The van der Waals surface area contributed by atoms with Crippen molar-refractivity contribution in [3.05, 3.63) is 23.5 Å². The quantitative estimate of drug-likeness (QED) is 0.867. The van der Waals surface area contributed by atoms with Gasteiger partial charge >= 0.3 is 6.18 Å². The minimum atomic E-state index is -4.43. The van der Waals surface area contributed by atoms with E-state index in [0.29, 0.717) is 12.1 Å². The molecule has 90 valence electrons. The number of hydrogen-bond donors (Lipinski definition) is 1. The summed E-state index contributed by atoms with van der Waals surface area (Å²) in [6, 6.07) is 2.18. The molecule has 3 nitrogen and oxygen atoms in total. The lowest BCUT2D eigenvalue weighted by Gasteiger charge is -2.09. The first kappa shape index (κ1) is 12.9. The smallest absolute Gasteiger partial charge is 0.327 e. The van der Waals surface area contributed by atoms with Crippen molar-refractivity contribution in [2.75, 3.05) is 0 Å². The number of aromatic nitrogens is 2. The Labute approximate surface area is 91.9 Å². The Bertz CT molecular complexity index is 321. The van der Waals surface area contributed by atoms with Crippen LogP contribution in [0.2, 0.25) is 0 Å². The van der Waals surface area contributed by atoms with Gasteiger partial charge in [0.2, 0.25) is 0 Å². The van der Waals surface area contributed by atoms with Crippen LogP contribution < -0.4 is 5.73 Å². The normalized spacial score (nSPS) is 13.8. The van der Waals surface area contributed by atoms with Crippen LogP contribution in [0.5, 0.6) is 0 Å². The van der Waals surface area contributed by atoms with Crippen LogP contribution in [0.25, 0.3) is 0 Å². The molecule has 0 aliphatic heterocycles. The van der Waals surface area contributed by atoms with Crippen molar-refractivity contribution in [1.82, 2.24) is 10.2 Å². The van der Waals surface area contributed by atoms with Crippen molar-refractivity contribution in [1.29, 1.82) is 0 Å². The van der Waals surface area contributed by atoms with E-state index < -0.39 is 11.9 Å². The molecule has 0 saturated carbocycles. The maximum Gasteiger partial charge on any atom is 0.435 e. The highest BCUT2D eigenvalue weighted by Gasteiger charge is 2.32. The van der Waals surface area contributed by atoms with Gasteiger partial charge in [0, 0.05) is 12.5 Å². The van der Waals surface area contributed by atoms with E-state index in [2.05, 4.69) is 10.2 Å². The second kappa shape index (κ2) is 5.25. The molecule has 0 spiro atoms. The minimum Gasteiger partial charge on any atom is -0.327 e. The molecule has 0 radical (unpaired) electrons. The number of nitrogens with two attached hydrogens (primary N) is 1. The molecule has 1 rings (SSSR count). The van der Waals surface area contributed by atoms with Crippen LogP contribution >= 0.6 is 0 Å². The van der Waals surface area contributed by atoms with Crippen LogP contribution in [-0.2, 0) is 12.6 Å². The monoisotopic (exact) mass is 233 g/mol. The average molecular weight is 233 g/mol. The summed E-state index contributed by atoms with van der Waals surface area (Å²) in [6.07, 6.45) is -2.21. The van der Waals surface area contributed by atoms with Crippen LogP contribution in [0.3, 0.4) is 0 Å². The lowest BCUT2D eigenvalue weighted by atomic mass is 10.1. The van der Waals surface area contributed by atoms with Crippen LogP contribution in [-0.4, -0.2) is 16.2 Å². The van der Waals surface area contributed by atoms with E-state index in [4.69, 9.17) is 5.73 Å². The lowest BCUT2D eigenvalue weighted by Crippen LogP contribution is -2.23. The van der Waals surface area contributed by atoms with Crippen molar-refractivity contribution >= 4 is 0 Å². The summed E-state index contributed by atoms with van der Waals surface area (Å²) in [5.74, 6) is 0. The van der Waals surface area contributed by atoms with Gasteiger partial charge in [0.25, 0.3) is 0 Å². The number of alkyl halides is 3. The highest BCUT2D eigenvalue weighted by atomic mass is 19.4. The van der Waals surface area contributed by atoms with Crippen molar-refractivity contribution in [3.63, 3.8) is 0 Å². The molecule has 0 fully saturated rings. The Morgan fingerprint density at radius 3 is 2.44 bits per heavy atom. The van der Waals surface area contributed by atoms with E-state index in [1.807, 2.05) is 6.92 Å². The first-order valence-corrected chi connectivity index (χ1v) is 5.09. The summed E-state index contributed by atoms with van der Waals surface area (Å²) in [5.41, 5.74) is 5.27. The SMILES string of the molecule is CCCC(N)Cc1ccc(C(F)(F)F)nn1. The molecule has 0 aliphatic carbocycles. The zero-order valence-electron chi connectivity index (χ0n) is 8.96. The standard InChI is InChI=1S/C10H14F3N3/c1-2-3-7(14)6-8-4-5-9(16-15-8)10(11,12)13/h4-5,7H,2-3,6,14H2,1H3. The predicted octanol–water partition coefficient (Wildman–Crippen LogP) is 2.17. The molecule has 1 unspecified atom stereocenters. The molecule has 1 atom stereocenters. The summed E-state index contributed by atoms with van der Waals surface area (Å²) in [5, 5.41) is 6.65. The Balaban J connectivity index is 2.65. The topological polar surface area (TPSA) is 51.8 Å². The van der Waals surface area contributed by atoms with Crippen LogP contribution in [0.1, 0.15) is 31.2 Å². The molecule has 1 heterocycles. The molecule has 1 aromatic rings. The number of rotatable bonds is 4. The fourth-order valence-corrected chi connectivity index (χ4v) is 1.36. The zero-order valence-corrected chi connectivity index (χ0v) is 8.96. The van der Waals surface area contributed by atoms with Gasteiger partial charge in [-0.25, -0.2) is 0 Å². The third-order valence-electron chi connectivity index (χ3n) is 2.14. The molecule has 6 heteroatoms. The van der Waals surface area contributed by atoms with E-state index in [0.717, 1.165) is 18.9 Å². The third kappa shape index (κ3) is 3.77. The van der Waals surface area contributed by atoms with Gasteiger partial charge in [0.05, 0.1) is 5.69 Å². The number of halogens is 3. The summed E-state index contributed by atoms with van der Waals surface area (Å²) in [7, 11) is 0. The van der Waals surface area contributed by atoms with Gasteiger partial charge in [-0.1, -0.05) is 13.3 Å². The largest absolute Gasteiger partial charge is 0.435 e. The van der Waals surface area contributed by atoms with Crippen LogP contribution in [0.4, 0.5) is 13.2 Å². The second-order valence-electron chi connectivity index (χ2n) is 3.66. The Morgan fingerprint density at radius 1 is 1.31 bits per heavy atom. The molecule has 16 heavy (non-hydrogen) atoms. The highest BCUT2D eigenvalue weighted by Crippen LogP contribution is 2.26. The van der Waals surface area contributed by atoms with Gasteiger partial charge in [-0.05, 0) is 18.6 Å². The predicted molar refractivity (Wildman–Crippen MR) is 53.6 cm³/mol. The molecular weight excluding hydrogens is 219 g/mol. The Kier molecular flexibility index (Phi) is 4.23. The van der Waals surface area contributed by atoms with Gasteiger partial charge < -0.3 is 5.73 Å². The van der Waals surface area contributed by atoms with Gasteiger partial charge in [-0.2, -0.15) is 18.3 Å². The minimum absolute atomic E-state index is 0.0731. The number of hydrogen-bond acceptors (Lipinski definition) is 3. The van der Waals surface area contributed by atoms with E-state index in [1.54, 1.807) is 0 Å². The third-order valence-corrected chi connectivity index (χ3v) is 2.14. The summed E-state index contributed by atoms with van der Waals surface area (Å²) in [6.45, 7) is 2.00. The molecular formula is C10H14F3N3. The van der Waals surface area contributed by atoms with Gasteiger partial charge in [0.15, 0.2) is 5.69 Å². The summed E-state index contributed by atoms with van der Waals surface area (Å²) in [4.78, 5) is 0. The van der Waals surface area contributed by atoms with Crippen molar-refractivity contribution in [3.8, 4) is 0 Å². The average Bonchev–Trinajstić information content (AvgIpc) is 2.17. The fourth-order valence-electron chi connectivity index (χ4n) is 1.36. The maximum absolute atomic E-state index is 12.2. The first-order chi connectivity index (χ1) is 7.43. The highest BCUT2D eigenvalue weighted by molar-refractivity contribution is 5.10. The van der Waals surface area contributed by atoms with Crippen LogP contribution in [0, 0.1) is 0 Å². The molecule has 1 aromatic heterocycles.